The van der Waals surface area contributed by atoms with E-state index in [1.54, 1.807) is 17.0 Å². The van der Waals surface area contributed by atoms with Crippen LogP contribution in [0, 0.1) is 10.1 Å². The molecule has 0 fully saturated rings. The predicted octanol–water partition coefficient (Wildman–Crippen LogP) is 0.866. The van der Waals surface area contributed by atoms with Gasteiger partial charge in [-0.2, -0.15) is 0 Å². The topological polar surface area (TPSA) is 156 Å². The van der Waals surface area contributed by atoms with Gasteiger partial charge >= 0.3 is 5.97 Å². The molecule has 0 saturated carbocycles. The van der Waals surface area contributed by atoms with Crippen molar-refractivity contribution in [3.63, 3.8) is 0 Å². The molecule has 2 bridgehead atoms. The van der Waals surface area contributed by atoms with Gasteiger partial charge in [0.25, 0.3) is 18.6 Å². The Hall–Kier alpha value is -3.94. The van der Waals surface area contributed by atoms with E-state index < -0.39 is 10.9 Å². The highest BCUT2D eigenvalue weighted by atomic mass is 16.6. The molecule has 1 unspecified atom stereocenters. The number of fused-ring (bicyclic) bond motifs is 2. The summed E-state index contributed by atoms with van der Waals surface area (Å²) in [5.41, 5.74) is 2.15. The lowest BCUT2D eigenvalue weighted by Crippen LogP contribution is -2.49. The van der Waals surface area contributed by atoms with Crippen molar-refractivity contribution in [3.8, 4) is 0 Å². The lowest BCUT2D eigenvalue weighted by Gasteiger charge is -2.36. The SMILES string of the molecule is O=COCN1CCN(COC=O)CC(Cc2ccc([N+](=O)[O-])cc2)N(CC(=O)O)Cc2cccc(n2)C1. The minimum atomic E-state index is -1.01. The van der Waals surface area contributed by atoms with Gasteiger partial charge in [-0.1, -0.05) is 18.2 Å². The van der Waals surface area contributed by atoms with E-state index in [2.05, 4.69) is 4.98 Å². The van der Waals surface area contributed by atoms with E-state index in [0.29, 0.717) is 51.2 Å². The number of aromatic nitrogens is 1. The van der Waals surface area contributed by atoms with E-state index >= 15 is 0 Å². The normalized spacial score (nSPS) is 17.7. The third kappa shape index (κ3) is 8.90. The Balaban J connectivity index is 1.96. The Labute approximate surface area is 213 Å². The number of pyridine rings is 1. The van der Waals surface area contributed by atoms with Gasteiger partial charge < -0.3 is 14.6 Å². The Morgan fingerprint density at radius 3 is 2.27 bits per heavy atom. The molecule has 1 aliphatic heterocycles. The average Bonchev–Trinajstić information content (AvgIpc) is 2.87. The zero-order chi connectivity index (χ0) is 26.6. The molecule has 3 rings (SSSR count). The number of hydrogen-bond donors (Lipinski definition) is 1. The smallest absolute Gasteiger partial charge is 0.317 e. The molecule has 1 atom stereocenters. The second-order valence-electron chi connectivity index (χ2n) is 8.61. The maximum atomic E-state index is 11.8. The summed E-state index contributed by atoms with van der Waals surface area (Å²) in [5, 5.41) is 20.7. The Morgan fingerprint density at radius 1 is 1.03 bits per heavy atom. The lowest BCUT2D eigenvalue weighted by molar-refractivity contribution is -0.384. The number of non-ortho nitro benzene ring substituents is 1. The summed E-state index contributed by atoms with van der Waals surface area (Å²) in [6.45, 7) is 2.34. The third-order valence-electron chi connectivity index (χ3n) is 5.94. The first-order chi connectivity index (χ1) is 17.9. The van der Waals surface area contributed by atoms with Gasteiger partial charge in [-0.25, -0.2) is 0 Å². The van der Waals surface area contributed by atoms with Crippen LogP contribution in [0.5, 0.6) is 0 Å². The van der Waals surface area contributed by atoms with Gasteiger partial charge in [-0.3, -0.25) is 44.2 Å². The molecule has 2 heterocycles. The number of aliphatic carboxylic acids is 1. The Kier molecular flexibility index (Phi) is 10.4. The van der Waals surface area contributed by atoms with Gasteiger partial charge in [-0.05, 0) is 24.1 Å². The second-order valence-corrected chi connectivity index (χ2v) is 8.61. The summed E-state index contributed by atoms with van der Waals surface area (Å²) < 4.78 is 9.99. The molecule has 13 nitrogen and oxygen atoms in total. The summed E-state index contributed by atoms with van der Waals surface area (Å²) in [6, 6.07) is 11.3. The molecule has 1 aromatic carbocycles. The molecule has 198 valence electrons. The summed E-state index contributed by atoms with van der Waals surface area (Å²) in [7, 11) is 0. The fourth-order valence-electron chi connectivity index (χ4n) is 4.22. The first kappa shape index (κ1) is 27.6. The molecule has 1 aliphatic rings. The highest BCUT2D eigenvalue weighted by Gasteiger charge is 2.26. The van der Waals surface area contributed by atoms with Crippen molar-refractivity contribution in [1.82, 2.24) is 19.7 Å². The van der Waals surface area contributed by atoms with Crippen LogP contribution in [0.3, 0.4) is 0 Å². The molecular weight excluding hydrogens is 486 g/mol. The minimum absolute atomic E-state index is 0.0207. The number of carboxylic acids is 1. The molecule has 0 aliphatic carbocycles. The number of carbonyl (C=O) groups is 3. The van der Waals surface area contributed by atoms with Crippen LogP contribution in [0.4, 0.5) is 5.69 Å². The van der Waals surface area contributed by atoms with E-state index in [-0.39, 0.29) is 38.3 Å². The Morgan fingerprint density at radius 2 is 1.65 bits per heavy atom. The van der Waals surface area contributed by atoms with E-state index in [1.165, 1.54) is 12.1 Å². The quantitative estimate of drug-likeness (QED) is 0.256. The van der Waals surface area contributed by atoms with Crippen LogP contribution in [0.15, 0.2) is 42.5 Å². The predicted molar refractivity (Wildman–Crippen MR) is 129 cm³/mol. The zero-order valence-corrected chi connectivity index (χ0v) is 20.2. The molecule has 0 spiro atoms. The summed E-state index contributed by atoms with van der Waals surface area (Å²) in [6.07, 6.45) is 0.389. The molecule has 1 aromatic heterocycles. The molecule has 37 heavy (non-hydrogen) atoms. The van der Waals surface area contributed by atoms with Crippen LogP contribution in [0.2, 0.25) is 0 Å². The van der Waals surface area contributed by atoms with Gasteiger partial charge in [-0.15, -0.1) is 0 Å². The summed E-state index contributed by atoms with van der Waals surface area (Å²) >= 11 is 0. The molecule has 0 radical (unpaired) electrons. The van der Waals surface area contributed by atoms with Gasteiger partial charge in [0.1, 0.15) is 13.5 Å². The van der Waals surface area contributed by atoms with Crippen molar-refractivity contribution in [2.75, 3.05) is 39.6 Å². The van der Waals surface area contributed by atoms with Crippen LogP contribution in [0.25, 0.3) is 0 Å². The van der Waals surface area contributed by atoms with Crippen molar-refractivity contribution in [2.45, 2.75) is 25.6 Å². The van der Waals surface area contributed by atoms with Crippen molar-refractivity contribution in [2.24, 2.45) is 0 Å². The molecule has 1 N–H and O–H groups in total. The standard InChI is InChI=1S/C24H29N5O8/c30-17-36-15-26-8-9-27(16-37-18-31)13-23(10-19-4-6-22(7-5-19)29(34)35)28(14-24(32)33)12-21-3-1-2-20(11-26)25-21/h1-7,17-18,23H,8-16H2,(H,32,33). The maximum Gasteiger partial charge on any atom is 0.317 e. The van der Waals surface area contributed by atoms with Crippen molar-refractivity contribution in [3.05, 3.63) is 69.5 Å². The molecule has 0 saturated heterocycles. The van der Waals surface area contributed by atoms with Gasteiger partial charge in [0.2, 0.25) is 0 Å². The van der Waals surface area contributed by atoms with Crippen LogP contribution >= 0.6 is 0 Å². The van der Waals surface area contributed by atoms with Crippen LogP contribution in [-0.2, 0) is 43.4 Å². The zero-order valence-electron chi connectivity index (χ0n) is 20.2. The number of hydrogen-bond acceptors (Lipinski definition) is 11. The number of benzene rings is 1. The maximum absolute atomic E-state index is 11.8. The van der Waals surface area contributed by atoms with E-state index in [0.717, 1.165) is 11.3 Å². The minimum Gasteiger partial charge on any atom is -0.480 e. The highest BCUT2D eigenvalue weighted by Crippen LogP contribution is 2.18. The summed E-state index contributed by atoms with van der Waals surface area (Å²) in [5.74, 6) is -1.01. The number of nitrogens with zero attached hydrogens (tertiary/aromatic N) is 5. The van der Waals surface area contributed by atoms with Crippen LogP contribution in [0.1, 0.15) is 17.0 Å². The van der Waals surface area contributed by atoms with E-state index in [4.69, 9.17) is 9.47 Å². The van der Waals surface area contributed by atoms with Crippen LogP contribution < -0.4 is 0 Å². The van der Waals surface area contributed by atoms with Crippen molar-refractivity contribution in [1.29, 1.82) is 0 Å². The largest absolute Gasteiger partial charge is 0.480 e. The van der Waals surface area contributed by atoms with Gasteiger partial charge in [0.15, 0.2) is 0 Å². The van der Waals surface area contributed by atoms with Gasteiger partial charge in [0.05, 0.1) is 22.9 Å². The molecule has 2 aromatic rings. The van der Waals surface area contributed by atoms with Gasteiger partial charge in [0, 0.05) is 50.9 Å². The fourth-order valence-corrected chi connectivity index (χ4v) is 4.22. The van der Waals surface area contributed by atoms with Crippen LogP contribution in [-0.4, -0.2) is 94.3 Å². The number of carboxylic acid groups (broad SMARTS) is 1. The molecular formula is C24H29N5O8. The Bertz CT molecular complexity index is 1070. The summed E-state index contributed by atoms with van der Waals surface area (Å²) in [4.78, 5) is 54.3. The van der Waals surface area contributed by atoms with E-state index in [1.807, 2.05) is 28.0 Å². The number of ether oxygens (including phenoxy) is 2. The number of nitro groups is 1. The van der Waals surface area contributed by atoms with Crippen molar-refractivity contribution < 1.29 is 33.9 Å². The molecule has 13 heteroatoms. The molecule has 0 amide bonds. The number of rotatable bonds is 11. The second kappa shape index (κ2) is 14.0. The number of carbonyl (C=O) groups excluding carboxylic acids is 2. The first-order valence-corrected chi connectivity index (χ1v) is 11.6. The van der Waals surface area contributed by atoms with Crippen molar-refractivity contribution >= 4 is 24.6 Å². The number of nitro benzene ring substituents is 1. The third-order valence-corrected chi connectivity index (χ3v) is 5.94. The monoisotopic (exact) mass is 515 g/mol. The van der Waals surface area contributed by atoms with E-state index in [9.17, 15) is 29.6 Å². The highest BCUT2D eigenvalue weighted by molar-refractivity contribution is 5.69. The lowest BCUT2D eigenvalue weighted by atomic mass is 10.0. The fraction of sp³-hybridized carbons (Fsp3) is 0.417. The average molecular weight is 516 g/mol. The first-order valence-electron chi connectivity index (χ1n) is 11.6.